The number of aliphatic hydroxyl groups is 1. The van der Waals surface area contributed by atoms with Crippen LogP contribution in [0.5, 0.6) is 0 Å². The molecule has 2 nitrogen and oxygen atoms in total. The minimum absolute atomic E-state index is 0.0975. The lowest BCUT2D eigenvalue weighted by Gasteiger charge is -2.64. The summed E-state index contributed by atoms with van der Waals surface area (Å²) in [5.74, 6) is 1.74. The van der Waals surface area contributed by atoms with E-state index < -0.39 is 0 Å². The topological polar surface area (TPSA) is 37.3 Å². The van der Waals surface area contributed by atoms with Gasteiger partial charge in [-0.2, -0.15) is 0 Å². The van der Waals surface area contributed by atoms with Crippen LogP contribution in [0.4, 0.5) is 0 Å². The first-order valence-electron chi connectivity index (χ1n) is 9.23. The molecule has 0 heterocycles. The lowest BCUT2D eigenvalue weighted by molar-refractivity contribution is -0.134. The van der Waals surface area contributed by atoms with Gasteiger partial charge in [-0.25, -0.2) is 0 Å². The number of fused-ring (bicyclic) bond motifs is 5. The Morgan fingerprint density at radius 3 is 2.55 bits per heavy atom. The fraction of sp³-hybridized carbons (Fsp3) is 0.850. The summed E-state index contributed by atoms with van der Waals surface area (Å²) in [6.45, 7) is 7.28. The number of rotatable bonds is 0. The molecule has 4 aliphatic carbocycles. The van der Waals surface area contributed by atoms with E-state index in [1.54, 1.807) is 0 Å². The third-order valence-corrected chi connectivity index (χ3v) is 8.75. The van der Waals surface area contributed by atoms with Gasteiger partial charge in [0.1, 0.15) is 0 Å². The van der Waals surface area contributed by atoms with Crippen LogP contribution < -0.4 is 0 Å². The Morgan fingerprint density at radius 1 is 1.00 bits per heavy atom. The van der Waals surface area contributed by atoms with Crippen LogP contribution >= 0.6 is 0 Å². The smallest absolute Gasteiger partial charge is 0.155 e. The van der Waals surface area contributed by atoms with Crippen LogP contribution in [0, 0.1) is 28.1 Å². The second-order valence-corrected chi connectivity index (χ2v) is 9.24. The van der Waals surface area contributed by atoms with E-state index in [1.807, 2.05) is 6.08 Å². The van der Waals surface area contributed by atoms with Crippen LogP contribution in [-0.4, -0.2) is 17.0 Å². The molecule has 0 aromatic heterocycles. The van der Waals surface area contributed by atoms with Gasteiger partial charge in [-0.15, -0.1) is 0 Å². The normalized spacial score (nSPS) is 54.3. The highest BCUT2D eigenvalue weighted by Gasteiger charge is 2.63. The first-order chi connectivity index (χ1) is 10.3. The van der Waals surface area contributed by atoms with Crippen molar-refractivity contribution >= 4 is 5.78 Å². The summed E-state index contributed by atoms with van der Waals surface area (Å²) in [6, 6.07) is 0. The second-order valence-electron chi connectivity index (χ2n) is 9.24. The molecule has 22 heavy (non-hydrogen) atoms. The van der Waals surface area contributed by atoms with E-state index >= 15 is 0 Å². The maximum absolute atomic E-state index is 11.9. The summed E-state index contributed by atoms with van der Waals surface area (Å²) >= 11 is 0. The molecule has 3 fully saturated rings. The van der Waals surface area contributed by atoms with E-state index in [-0.39, 0.29) is 16.9 Å². The zero-order valence-electron chi connectivity index (χ0n) is 14.3. The SMILES string of the molecule is C[C@]12CC[C@@]3(C)[C@@H](CCC4=CC(=O)CC[C@@]43C)[C@@H]1CC[C@@H]2O. The van der Waals surface area contributed by atoms with Crippen molar-refractivity contribution in [1.82, 2.24) is 0 Å². The summed E-state index contributed by atoms with van der Waals surface area (Å²) in [6.07, 6.45) is 10.5. The zero-order valence-corrected chi connectivity index (χ0v) is 14.3. The molecule has 0 bridgehead atoms. The van der Waals surface area contributed by atoms with E-state index in [1.165, 1.54) is 24.8 Å². The van der Waals surface area contributed by atoms with Crippen molar-refractivity contribution < 1.29 is 9.90 Å². The highest BCUT2D eigenvalue weighted by atomic mass is 16.3. The van der Waals surface area contributed by atoms with Crippen LogP contribution in [0.25, 0.3) is 0 Å². The Bertz CT molecular complexity index is 550. The Kier molecular flexibility index (Phi) is 3.03. The second kappa shape index (κ2) is 4.47. The zero-order chi connectivity index (χ0) is 15.8. The minimum Gasteiger partial charge on any atom is -0.393 e. The summed E-state index contributed by atoms with van der Waals surface area (Å²) in [5.41, 5.74) is 2.10. The molecule has 0 radical (unpaired) electrons. The fourth-order valence-electron chi connectivity index (χ4n) is 6.89. The largest absolute Gasteiger partial charge is 0.393 e. The molecule has 0 aromatic rings. The van der Waals surface area contributed by atoms with Gasteiger partial charge in [0.25, 0.3) is 0 Å². The molecule has 2 heteroatoms. The highest BCUT2D eigenvalue weighted by molar-refractivity contribution is 5.91. The first kappa shape index (κ1) is 14.9. The highest BCUT2D eigenvalue weighted by Crippen LogP contribution is 2.70. The van der Waals surface area contributed by atoms with Crippen molar-refractivity contribution in [3.05, 3.63) is 11.6 Å². The van der Waals surface area contributed by atoms with Crippen molar-refractivity contribution in [1.29, 1.82) is 0 Å². The summed E-state index contributed by atoms with van der Waals surface area (Å²) < 4.78 is 0. The Morgan fingerprint density at radius 2 is 1.77 bits per heavy atom. The quantitative estimate of drug-likeness (QED) is 0.725. The molecule has 122 valence electrons. The predicted molar refractivity (Wildman–Crippen MR) is 87.3 cm³/mol. The molecule has 1 N–H and O–H groups in total. The molecular formula is C20H30O2. The van der Waals surface area contributed by atoms with Crippen molar-refractivity contribution in [2.75, 3.05) is 0 Å². The van der Waals surface area contributed by atoms with Crippen LogP contribution in [0.3, 0.4) is 0 Å². The van der Waals surface area contributed by atoms with Crippen molar-refractivity contribution in [3.8, 4) is 0 Å². The molecule has 6 atom stereocenters. The average molecular weight is 302 g/mol. The summed E-state index contributed by atoms with van der Waals surface area (Å²) in [7, 11) is 0. The molecule has 4 rings (SSSR count). The third-order valence-electron chi connectivity index (χ3n) is 8.75. The third kappa shape index (κ3) is 1.63. The van der Waals surface area contributed by atoms with E-state index in [0.717, 1.165) is 38.0 Å². The van der Waals surface area contributed by atoms with Gasteiger partial charge < -0.3 is 5.11 Å². The van der Waals surface area contributed by atoms with Gasteiger partial charge in [0.05, 0.1) is 6.10 Å². The molecule has 0 aromatic carbocycles. The van der Waals surface area contributed by atoms with Crippen molar-refractivity contribution in [2.24, 2.45) is 28.1 Å². The number of hydrogen-bond donors (Lipinski definition) is 1. The van der Waals surface area contributed by atoms with Crippen LogP contribution in [0.2, 0.25) is 0 Å². The van der Waals surface area contributed by atoms with E-state index in [4.69, 9.17) is 0 Å². The lowest BCUT2D eigenvalue weighted by atomic mass is 9.40. The predicted octanol–water partition coefficient (Wildman–Crippen LogP) is 4.27. The maximum Gasteiger partial charge on any atom is 0.155 e. The van der Waals surface area contributed by atoms with Crippen LogP contribution in [-0.2, 0) is 4.79 Å². The number of ketones is 1. The lowest BCUT2D eigenvalue weighted by Crippen LogP contribution is -2.57. The number of carbonyl (C=O) groups is 1. The number of hydrogen-bond acceptors (Lipinski definition) is 2. The first-order valence-corrected chi connectivity index (χ1v) is 9.23. The van der Waals surface area contributed by atoms with E-state index in [9.17, 15) is 9.90 Å². The standard InChI is InChI=1S/C20H30O2/c1-18-10-11-20(3)16(15(18)6-7-17(18)22)5-4-13-12-14(21)8-9-19(13,20)2/h12,15-17,22H,4-11H2,1-3H3/t15-,16-,17-,18-,19-,20-/m0/s1. The van der Waals surface area contributed by atoms with Gasteiger partial charge in [0.2, 0.25) is 0 Å². The summed E-state index contributed by atoms with van der Waals surface area (Å²) in [5, 5.41) is 10.5. The molecule has 0 amide bonds. The van der Waals surface area contributed by atoms with Crippen molar-refractivity contribution in [3.63, 3.8) is 0 Å². The molecule has 0 aliphatic heterocycles. The molecular weight excluding hydrogens is 272 g/mol. The number of allylic oxidation sites excluding steroid dienone is 1. The van der Waals surface area contributed by atoms with Gasteiger partial charge in [-0.3, -0.25) is 4.79 Å². The minimum atomic E-state index is -0.0975. The summed E-state index contributed by atoms with van der Waals surface area (Å²) in [4.78, 5) is 11.9. The van der Waals surface area contributed by atoms with Gasteiger partial charge in [0, 0.05) is 6.42 Å². The van der Waals surface area contributed by atoms with Crippen LogP contribution in [0.15, 0.2) is 11.6 Å². The molecule has 0 spiro atoms. The molecule has 0 saturated heterocycles. The maximum atomic E-state index is 11.9. The Hall–Kier alpha value is -0.630. The van der Waals surface area contributed by atoms with Crippen LogP contribution in [0.1, 0.15) is 72.1 Å². The van der Waals surface area contributed by atoms with Gasteiger partial charge >= 0.3 is 0 Å². The van der Waals surface area contributed by atoms with Gasteiger partial charge in [-0.1, -0.05) is 26.3 Å². The molecule has 0 unspecified atom stereocenters. The van der Waals surface area contributed by atoms with E-state index in [2.05, 4.69) is 20.8 Å². The molecule has 4 aliphatic rings. The van der Waals surface area contributed by atoms with E-state index in [0.29, 0.717) is 17.1 Å². The monoisotopic (exact) mass is 302 g/mol. The molecule has 3 saturated carbocycles. The Balaban J connectivity index is 1.76. The fourth-order valence-corrected chi connectivity index (χ4v) is 6.89. The van der Waals surface area contributed by atoms with Gasteiger partial charge in [-0.05, 0) is 79.1 Å². The number of aliphatic hydroxyl groups excluding tert-OH is 1. The number of carbonyl (C=O) groups excluding carboxylic acids is 1. The van der Waals surface area contributed by atoms with Gasteiger partial charge in [0.15, 0.2) is 5.78 Å². The van der Waals surface area contributed by atoms with Crippen molar-refractivity contribution in [2.45, 2.75) is 78.2 Å². The average Bonchev–Trinajstić information content (AvgIpc) is 2.77. The Labute approximate surface area is 134 Å².